The average molecular weight is 280 g/mol. The topological polar surface area (TPSA) is 26.0 Å². The first-order valence-electron chi connectivity index (χ1n) is 5.92. The van der Waals surface area contributed by atoms with Crippen molar-refractivity contribution in [1.82, 2.24) is 0 Å². The Morgan fingerprint density at radius 1 is 0.944 bits per heavy atom. The van der Waals surface area contributed by atoms with Crippen molar-refractivity contribution in [3.05, 3.63) is 69.7 Å². The number of halogens is 2. The summed E-state index contributed by atoms with van der Waals surface area (Å²) in [7, 11) is 0. The highest BCUT2D eigenvalue weighted by molar-refractivity contribution is 6.42. The molecule has 1 nitrogen and oxygen atoms in total. The standard InChI is InChI=1S/C15H15Cl2N/c16-13-8-4-7-12(15(13)17)14(18)10-9-11-5-2-1-3-6-11/h1-8,14H,9-10,18H2. The highest BCUT2D eigenvalue weighted by atomic mass is 35.5. The molecule has 2 rings (SSSR count). The Balaban J connectivity index is 2.04. The van der Waals surface area contributed by atoms with Gasteiger partial charge in [0, 0.05) is 6.04 Å². The lowest BCUT2D eigenvalue weighted by molar-refractivity contribution is 0.651. The predicted octanol–water partition coefficient (Wildman–Crippen LogP) is 4.63. The van der Waals surface area contributed by atoms with Crippen molar-refractivity contribution in [2.24, 2.45) is 5.73 Å². The summed E-state index contributed by atoms with van der Waals surface area (Å²) in [6.07, 6.45) is 1.79. The molecule has 1 atom stereocenters. The van der Waals surface area contributed by atoms with Crippen LogP contribution in [0.2, 0.25) is 10.0 Å². The molecule has 0 aliphatic heterocycles. The van der Waals surface area contributed by atoms with Crippen LogP contribution in [0.3, 0.4) is 0 Å². The largest absolute Gasteiger partial charge is 0.324 e. The van der Waals surface area contributed by atoms with E-state index in [1.165, 1.54) is 5.56 Å². The minimum absolute atomic E-state index is 0.0867. The van der Waals surface area contributed by atoms with E-state index in [-0.39, 0.29) is 6.04 Å². The zero-order valence-electron chi connectivity index (χ0n) is 9.94. The molecule has 3 heteroatoms. The Hall–Kier alpha value is -1.02. The molecule has 1 unspecified atom stereocenters. The number of rotatable bonds is 4. The molecule has 2 aromatic carbocycles. The monoisotopic (exact) mass is 279 g/mol. The number of aryl methyl sites for hydroxylation is 1. The average Bonchev–Trinajstić information content (AvgIpc) is 2.40. The van der Waals surface area contributed by atoms with Gasteiger partial charge in [0.15, 0.2) is 0 Å². The number of benzene rings is 2. The SMILES string of the molecule is NC(CCc1ccccc1)c1cccc(Cl)c1Cl. The third-order valence-corrected chi connectivity index (χ3v) is 3.80. The van der Waals surface area contributed by atoms with Crippen LogP contribution >= 0.6 is 23.2 Å². The minimum atomic E-state index is -0.0867. The molecule has 0 aromatic heterocycles. The molecule has 0 amide bonds. The zero-order valence-corrected chi connectivity index (χ0v) is 11.5. The van der Waals surface area contributed by atoms with E-state index in [1.54, 1.807) is 6.07 Å². The van der Waals surface area contributed by atoms with Gasteiger partial charge < -0.3 is 5.73 Å². The molecule has 2 aromatic rings. The lowest BCUT2D eigenvalue weighted by Crippen LogP contribution is -2.12. The predicted molar refractivity (Wildman–Crippen MR) is 78.2 cm³/mol. The highest BCUT2D eigenvalue weighted by Gasteiger charge is 2.12. The van der Waals surface area contributed by atoms with Crippen molar-refractivity contribution in [1.29, 1.82) is 0 Å². The Kier molecular flexibility index (Phi) is 4.65. The molecule has 0 heterocycles. The quantitative estimate of drug-likeness (QED) is 0.868. The number of nitrogens with two attached hydrogens (primary N) is 1. The van der Waals surface area contributed by atoms with Crippen LogP contribution in [-0.4, -0.2) is 0 Å². The third-order valence-electron chi connectivity index (χ3n) is 2.97. The van der Waals surface area contributed by atoms with Crippen LogP contribution in [0.25, 0.3) is 0 Å². The smallest absolute Gasteiger partial charge is 0.0640 e. The second-order valence-electron chi connectivity index (χ2n) is 4.27. The minimum Gasteiger partial charge on any atom is -0.324 e. The first-order valence-corrected chi connectivity index (χ1v) is 6.67. The van der Waals surface area contributed by atoms with Crippen molar-refractivity contribution in [2.45, 2.75) is 18.9 Å². The normalized spacial score (nSPS) is 12.4. The van der Waals surface area contributed by atoms with Crippen LogP contribution in [-0.2, 0) is 6.42 Å². The molecule has 0 aliphatic rings. The van der Waals surface area contributed by atoms with Gasteiger partial charge in [0.2, 0.25) is 0 Å². The Morgan fingerprint density at radius 2 is 1.67 bits per heavy atom. The second-order valence-corrected chi connectivity index (χ2v) is 5.06. The molecule has 0 spiro atoms. The van der Waals surface area contributed by atoms with E-state index in [1.807, 2.05) is 30.3 Å². The molecular weight excluding hydrogens is 265 g/mol. The molecule has 94 valence electrons. The summed E-state index contributed by atoms with van der Waals surface area (Å²) < 4.78 is 0. The van der Waals surface area contributed by atoms with E-state index >= 15 is 0 Å². The van der Waals surface area contributed by atoms with Crippen LogP contribution in [0.4, 0.5) is 0 Å². The second kappa shape index (κ2) is 6.24. The molecule has 0 bridgehead atoms. The molecule has 2 N–H and O–H groups in total. The molecule has 0 saturated heterocycles. The summed E-state index contributed by atoms with van der Waals surface area (Å²) >= 11 is 12.1. The van der Waals surface area contributed by atoms with Crippen LogP contribution in [0, 0.1) is 0 Å². The maximum absolute atomic E-state index is 6.17. The van der Waals surface area contributed by atoms with Gasteiger partial charge in [-0.3, -0.25) is 0 Å². The summed E-state index contributed by atoms with van der Waals surface area (Å²) in [6, 6.07) is 15.8. The van der Waals surface area contributed by atoms with Crippen molar-refractivity contribution in [3.8, 4) is 0 Å². The molecule has 18 heavy (non-hydrogen) atoms. The zero-order chi connectivity index (χ0) is 13.0. The van der Waals surface area contributed by atoms with Gasteiger partial charge in [-0.05, 0) is 30.0 Å². The molecule has 0 radical (unpaired) electrons. The fourth-order valence-electron chi connectivity index (χ4n) is 1.93. The summed E-state index contributed by atoms with van der Waals surface area (Å²) in [5, 5.41) is 1.13. The van der Waals surface area contributed by atoms with Crippen molar-refractivity contribution < 1.29 is 0 Å². The van der Waals surface area contributed by atoms with E-state index in [0.717, 1.165) is 18.4 Å². The van der Waals surface area contributed by atoms with E-state index < -0.39 is 0 Å². The van der Waals surface area contributed by atoms with Crippen LogP contribution < -0.4 is 5.73 Å². The Labute approximate surface area is 118 Å². The number of hydrogen-bond donors (Lipinski definition) is 1. The highest BCUT2D eigenvalue weighted by Crippen LogP contribution is 2.30. The lowest BCUT2D eigenvalue weighted by Gasteiger charge is -2.14. The van der Waals surface area contributed by atoms with Gasteiger partial charge >= 0.3 is 0 Å². The number of hydrogen-bond acceptors (Lipinski definition) is 1. The fourth-order valence-corrected chi connectivity index (χ4v) is 2.38. The van der Waals surface area contributed by atoms with Crippen LogP contribution in [0.15, 0.2) is 48.5 Å². The van der Waals surface area contributed by atoms with Gasteiger partial charge in [0.05, 0.1) is 10.0 Å². The first kappa shape index (κ1) is 13.4. The lowest BCUT2D eigenvalue weighted by atomic mass is 10.00. The summed E-state index contributed by atoms with van der Waals surface area (Å²) in [5.41, 5.74) is 8.37. The molecular formula is C15H15Cl2N. The molecule has 0 aliphatic carbocycles. The van der Waals surface area contributed by atoms with E-state index in [0.29, 0.717) is 10.0 Å². The molecule has 0 fully saturated rings. The van der Waals surface area contributed by atoms with Crippen LogP contribution in [0.5, 0.6) is 0 Å². The van der Waals surface area contributed by atoms with Crippen molar-refractivity contribution in [2.75, 3.05) is 0 Å². The fraction of sp³-hybridized carbons (Fsp3) is 0.200. The van der Waals surface area contributed by atoms with E-state index in [9.17, 15) is 0 Å². The van der Waals surface area contributed by atoms with Gasteiger partial charge in [-0.1, -0.05) is 65.7 Å². The Bertz CT molecular complexity index is 511. The molecule has 0 saturated carbocycles. The van der Waals surface area contributed by atoms with Gasteiger partial charge in [-0.2, -0.15) is 0 Å². The summed E-state index contributed by atoms with van der Waals surface area (Å²) in [6.45, 7) is 0. The van der Waals surface area contributed by atoms with E-state index in [4.69, 9.17) is 28.9 Å². The van der Waals surface area contributed by atoms with Gasteiger partial charge in [0.1, 0.15) is 0 Å². The maximum atomic E-state index is 6.17. The van der Waals surface area contributed by atoms with Crippen molar-refractivity contribution in [3.63, 3.8) is 0 Å². The third kappa shape index (κ3) is 3.26. The summed E-state index contributed by atoms with van der Waals surface area (Å²) in [5.74, 6) is 0. The van der Waals surface area contributed by atoms with Crippen LogP contribution in [0.1, 0.15) is 23.6 Å². The van der Waals surface area contributed by atoms with Crippen molar-refractivity contribution >= 4 is 23.2 Å². The van der Waals surface area contributed by atoms with Gasteiger partial charge in [-0.15, -0.1) is 0 Å². The Morgan fingerprint density at radius 3 is 2.39 bits per heavy atom. The summed E-state index contributed by atoms with van der Waals surface area (Å²) in [4.78, 5) is 0. The first-order chi connectivity index (χ1) is 8.68. The van der Waals surface area contributed by atoms with Gasteiger partial charge in [-0.25, -0.2) is 0 Å². The van der Waals surface area contributed by atoms with Gasteiger partial charge in [0.25, 0.3) is 0 Å². The maximum Gasteiger partial charge on any atom is 0.0640 e. The van der Waals surface area contributed by atoms with E-state index in [2.05, 4.69) is 12.1 Å².